The van der Waals surface area contributed by atoms with E-state index in [0.29, 0.717) is 0 Å². The van der Waals surface area contributed by atoms with Crippen LogP contribution in [0.4, 0.5) is 0 Å². The molecule has 0 spiro atoms. The van der Waals surface area contributed by atoms with Gasteiger partial charge in [-0.05, 0) is 0 Å². The van der Waals surface area contributed by atoms with Gasteiger partial charge in [0.05, 0.1) is 0 Å². The Labute approximate surface area is 54.4 Å². The predicted molar refractivity (Wildman–Crippen MR) is 27.2 cm³/mol. The van der Waals surface area contributed by atoms with Crippen molar-refractivity contribution in [2.24, 2.45) is 0 Å². The molecule has 0 atom stereocenters. The molecule has 0 fully saturated rings. The molecule has 0 aliphatic heterocycles. The van der Waals surface area contributed by atoms with Gasteiger partial charge < -0.3 is 0 Å². The van der Waals surface area contributed by atoms with E-state index in [9.17, 15) is 0 Å². The van der Waals surface area contributed by atoms with E-state index in [4.69, 9.17) is 12.3 Å². The molecule has 0 heterocycles. The van der Waals surface area contributed by atoms with Gasteiger partial charge in [0.15, 0.2) is 0 Å². The number of hydrogen-bond donors (Lipinski definition) is 3. The Morgan fingerprint density at radius 2 is 1.17 bits per heavy atom. The molecule has 0 aromatic heterocycles. The van der Waals surface area contributed by atoms with Gasteiger partial charge in [-0.3, -0.25) is 0 Å². The molecule has 6 heavy (non-hydrogen) atoms. The minimum absolute atomic E-state index is 0. The van der Waals surface area contributed by atoms with Crippen LogP contribution in [0.25, 0.3) is 0 Å². The molecule has 3 nitrogen and oxygen atoms in total. The van der Waals surface area contributed by atoms with Gasteiger partial charge in [-0.15, -0.1) is 0 Å². The second-order valence-electron chi connectivity index (χ2n) is 0.513. The van der Waals surface area contributed by atoms with Crippen molar-refractivity contribution < 1.29 is 12.3 Å². The third-order valence-electron chi connectivity index (χ3n) is 0. The average Bonchev–Trinajstić information content (AvgIpc) is 0.722. The van der Waals surface area contributed by atoms with Gasteiger partial charge in [0.25, 0.3) is 0 Å². The molecule has 0 amide bonds. The SMILES string of the molecule is O[As](O)(O)=S.[LiH]. The molecule has 0 aromatic carbocycles. The molecule has 0 unspecified atom stereocenters. The van der Waals surface area contributed by atoms with Gasteiger partial charge in [0, 0.05) is 0 Å². The Kier molecular flexibility index (Phi) is 5.62. The van der Waals surface area contributed by atoms with Crippen molar-refractivity contribution in [3.05, 3.63) is 0 Å². The maximum absolute atomic E-state index is 7.62. The molecule has 0 radical (unpaired) electrons. The van der Waals surface area contributed by atoms with Crippen LogP contribution in [0.2, 0.25) is 0 Å². The van der Waals surface area contributed by atoms with Gasteiger partial charge in [-0.25, -0.2) is 0 Å². The van der Waals surface area contributed by atoms with Crippen molar-refractivity contribution in [2.75, 3.05) is 0 Å². The van der Waals surface area contributed by atoms with E-state index < -0.39 is 12.9 Å². The van der Waals surface area contributed by atoms with E-state index in [1.54, 1.807) is 0 Å². The Morgan fingerprint density at radius 1 is 1.17 bits per heavy atom. The molecule has 0 rings (SSSR count). The summed E-state index contributed by atoms with van der Waals surface area (Å²) in [5, 5.41) is 0. The van der Waals surface area contributed by atoms with Gasteiger partial charge in [-0.1, -0.05) is 0 Å². The molecule has 0 bridgehead atoms. The van der Waals surface area contributed by atoms with Gasteiger partial charge >= 0.3 is 54.4 Å². The van der Waals surface area contributed by atoms with Crippen molar-refractivity contribution in [1.82, 2.24) is 0 Å². The summed E-state index contributed by atoms with van der Waals surface area (Å²) >= 11 is -4.29. The van der Waals surface area contributed by atoms with Crippen LogP contribution in [-0.4, -0.2) is 44.0 Å². The molecule has 0 aromatic rings. The van der Waals surface area contributed by atoms with Gasteiger partial charge in [0.1, 0.15) is 0 Å². The van der Waals surface area contributed by atoms with Crippen LogP contribution in [0, 0.1) is 0 Å². The number of rotatable bonds is 0. The zero-order valence-electron chi connectivity index (χ0n) is 2.20. The van der Waals surface area contributed by atoms with Gasteiger partial charge in [0.2, 0.25) is 0 Å². The van der Waals surface area contributed by atoms with Crippen molar-refractivity contribution >= 4 is 42.2 Å². The molecule has 0 aliphatic rings. The van der Waals surface area contributed by atoms with Crippen molar-refractivity contribution in [1.29, 1.82) is 0 Å². The molecule has 0 saturated carbocycles. The zero-order valence-corrected chi connectivity index (χ0v) is 4.89. The second-order valence-corrected chi connectivity index (χ2v) is 5.21. The average molecular weight is 166 g/mol. The van der Waals surface area contributed by atoms with Crippen LogP contribution in [0.3, 0.4) is 0 Å². The molecule has 0 saturated heterocycles. The third kappa shape index (κ3) is 60.4. The standard InChI is InChI=1S/AsH3O3S.Li.H/c2-1(3,4)5;;/h(H3,2,3,4,5);;. The topological polar surface area (TPSA) is 60.7 Å². The Bertz CT molecular complexity index is 56.9. The Morgan fingerprint density at radius 3 is 1.17 bits per heavy atom. The van der Waals surface area contributed by atoms with E-state index in [1.807, 2.05) is 0 Å². The van der Waals surface area contributed by atoms with E-state index in [0.717, 1.165) is 0 Å². The molecular formula is H4AsLiO3S. The molecular weight excluding hydrogens is 162 g/mol. The quantitative estimate of drug-likeness (QED) is 0.362. The minimum atomic E-state index is -4.29. The normalized spacial score (nSPS) is 9.83. The van der Waals surface area contributed by atoms with Crippen LogP contribution in [0.1, 0.15) is 0 Å². The number of hydrogen-bond acceptors (Lipinski definition) is 1. The van der Waals surface area contributed by atoms with Gasteiger partial charge in [-0.2, -0.15) is 0 Å². The Hall–Kier alpha value is 1.26. The Balaban J connectivity index is 0. The van der Waals surface area contributed by atoms with Crippen LogP contribution in [0.5, 0.6) is 0 Å². The van der Waals surface area contributed by atoms with E-state index in [-0.39, 0.29) is 18.9 Å². The molecule has 0 aliphatic carbocycles. The van der Waals surface area contributed by atoms with E-state index >= 15 is 0 Å². The summed E-state index contributed by atoms with van der Waals surface area (Å²) in [6.07, 6.45) is 0. The molecule has 6 heteroatoms. The first-order chi connectivity index (χ1) is 2.00. The molecule has 34 valence electrons. The van der Waals surface area contributed by atoms with Crippen LogP contribution < -0.4 is 0 Å². The first kappa shape index (κ1) is 10.3. The summed E-state index contributed by atoms with van der Waals surface area (Å²) in [6, 6.07) is 0. The van der Waals surface area contributed by atoms with Crippen molar-refractivity contribution in [3.63, 3.8) is 0 Å². The van der Waals surface area contributed by atoms with Crippen LogP contribution in [0.15, 0.2) is 0 Å². The zero-order chi connectivity index (χ0) is 4.50. The fraction of sp³-hybridized carbons (Fsp3) is 0. The first-order valence-electron chi connectivity index (χ1n) is 0.783. The maximum atomic E-state index is 7.62. The summed E-state index contributed by atoms with van der Waals surface area (Å²) < 4.78 is 22.9. The summed E-state index contributed by atoms with van der Waals surface area (Å²) in [4.78, 5) is 0. The first-order valence-corrected chi connectivity index (χ1v) is 5.96. The summed E-state index contributed by atoms with van der Waals surface area (Å²) in [5.41, 5.74) is 0. The van der Waals surface area contributed by atoms with Crippen molar-refractivity contribution in [3.8, 4) is 0 Å². The van der Waals surface area contributed by atoms with E-state index in [2.05, 4.69) is 10.4 Å². The monoisotopic (exact) mass is 166 g/mol. The second kappa shape index (κ2) is 3.28. The summed E-state index contributed by atoms with van der Waals surface area (Å²) in [5.74, 6) is 0. The van der Waals surface area contributed by atoms with Crippen molar-refractivity contribution in [2.45, 2.75) is 0 Å². The molecule has 3 N–H and O–H groups in total. The van der Waals surface area contributed by atoms with E-state index in [1.165, 1.54) is 0 Å². The summed E-state index contributed by atoms with van der Waals surface area (Å²) in [6.45, 7) is 0. The predicted octanol–water partition coefficient (Wildman–Crippen LogP) is -2.05. The van der Waals surface area contributed by atoms with Crippen LogP contribution in [-0.2, 0) is 0 Å². The fourth-order valence-corrected chi connectivity index (χ4v) is 0. The summed E-state index contributed by atoms with van der Waals surface area (Å²) in [7, 11) is 3.66. The fourth-order valence-electron chi connectivity index (χ4n) is 0. The third-order valence-corrected chi connectivity index (χ3v) is 0. The van der Waals surface area contributed by atoms with Crippen LogP contribution >= 0.6 is 10.4 Å².